The first-order valence-corrected chi connectivity index (χ1v) is 8.41. The fraction of sp³-hybridized carbons (Fsp3) is 0.368. The zero-order valence-electron chi connectivity index (χ0n) is 13.4. The Labute approximate surface area is 133 Å². The third-order valence-corrected chi connectivity index (χ3v) is 4.67. The zero-order chi connectivity index (χ0) is 15.2. The predicted octanol–water partition coefficient (Wildman–Crippen LogP) is 5.20. The van der Waals surface area contributed by atoms with E-state index in [1.807, 2.05) is 11.8 Å². The molecular formula is C19H25NS. The predicted molar refractivity (Wildman–Crippen MR) is 93.0 cm³/mol. The molecule has 0 heterocycles. The van der Waals surface area contributed by atoms with Gasteiger partial charge in [0.2, 0.25) is 0 Å². The van der Waals surface area contributed by atoms with Gasteiger partial charge in [-0.3, -0.25) is 0 Å². The second-order valence-corrected chi connectivity index (χ2v) is 7.10. The highest BCUT2D eigenvalue weighted by atomic mass is 32.2. The Bertz CT molecular complexity index is 590. The Hall–Kier alpha value is -1.25. The summed E-state index contributed by atoms with van der Waals surface area (Å²) in [7, 11) is 0. The summed E-state index contributed by atoms with van der Waals surface area (Å²) in [5.41, 5.74) is 4.09. The van der Waals surface area contributed by atoms with Gasteiger partial charge < -0.3 is 5.32 Å². The first-order chi connectivity index (χ1) is 10.1. The topological polar surface area (TPSA) is 12.0 Å². The maximum Gasteiger partial charge on any atom is 0.0208 e. The highest BCUT2D eigenvalue weighted by molar-refractivity contribution is 7.99. The third-order valence-electron chi connectivity index (χ3n) is 3.50. The summed E-state index contributed by atoms with van der Waals surface area (Å²) in [5.74, 6) is 0.696. The fourth-order valence-corrected chi connectivity index (χ4v) is 3.22. The first kappa shape index (κ1) is 16.1. The van der Waals surface area contributed by atoms with Crippen LogP contribution in [0.5, 0.6) is 0 Å². The lowest BCUT2D eigenvalue weighted by atomic mass is 10.1. The summed E-state index contributed by atoms with van der Waals surface area (Å²) in [4.78, 5) is 2.65. The summed E-state index contributed by atoms with van der Waals surface area (Å²) >= 11 is 1.85. The lowest BCUT2D eigenvalue weighted by molar-refractivity contribution is 0.551. The normalized spacial score (nSPS) is 11.1. The Morgan fingerprint density at radius 2 is 1.76 bits per heavy atom. The van der Waals surface area contributed by atoms with Gasteiger partial charge in [0.15, 0.2) is 0 Å². The Morgan fingerprint density at radius 1 is 1.00 bits per heavy atom. The average molecular weight is 299 g/mol. The van der Waals surface area contributed by atoms with Crippen LogP contribution in [0.4, 0.5) is 0 Å². The van der Waals surface area contributed by atoms with Crippen molar-refractivity contribution in [1.29, 1.82) is 0 Å². The summed E-state index contributed by atoms with van der Waals surface area (Å²) in [5, 5.41) is 3.51. The molecule has 2 heteroatoms. The average Bonchev–Trinajstić information content (AvgIpc) is 2.43. The van der Waals surface area contributed by atoms with E-state index in [1.165, 1.54) is 26.5 Å². The molecular weight excluding hydrogens is 274 g/mol. The minimum atomic E-state index is 0.696. The van der Waals surface area contributed by atoms with Crippen molar-refractivity contribution >= 4 is 11.8 Å². The molecule has 1 N–H and O–H groups in total. The van der Waals surface area contributed by atoms with Crippen LogP contribution in [-0.2, 0) is 6.54 Å². The van der Waals surface area contributed by atoms with Gasteiger partial charge in [0.05, 0.1) is 0 Å². The van der Waals surface area contributed by atoms with E-state index in [-0.39, 0.29) is 0 Å². The Balaban J connectivity index is 2.03. The number of benzene rings is 2. The van der Waals surface area contributed by atoms with E-state index in [1.54, 1.807) is 0 Å². The van der Waals surface area contributed by atoms with Crippen molar-refractivity contribution in [2.75, 3.05) is 6.54 Å². The van der Waals surface area contributed by atoms with E-state index < -0.39 is 0 Å². The second-order valence-electron chi connectivity index (χ2n) is 5.98. The monoisotopic (exact) mass is 299 g/mol. The van der Waals surface area contributed by atoms with E-state index >= 15 is 0 Å². The quantitative estimate of drug-likeness (QED) is 0.786. The molecule has 0 aromatic heterocycles. The highest BCUT2D eigenvalue weighted by Crippen LogP contribution is 2.31. The van der Waals surface area contributed by atoms with Crippen LogP contribution in [0.2, 0.25) is 0 Å². The van der Waals surface area contributed by atoms with Crippen molar-refractivity contribution in [2.24, 2.45) is 5.92 Å². The van der Waals surface area contributed by atoms with E-state index in [0.29, 0.717) is 5.92 Å². The van der Waals surface area contributed by atoms with E-state index in [2.05, 4.69) is 75.5 Å². The molecule has 0 radical (unpaired) electrons. The van der Waals surface area contributed by atoms with Crippen molar-refractivity contribution in [1.82, 2.24) is 5.32 Å². The third kappa shape index (κ3) is 4.90. The summed E-state index contributed by atoms with van der Waals surface area (Å²) in [6.45, 7) is 10.9. The van der Waals surface area contributed by atoms with Crippen LogP contribution in [0.3, 0.4) is 0 Å². The molecule has 0 aliphatic carbocycles. The molecule has 1 nitrogen and oxygen atoms in total. The van der Waals surface area contributed by atoms with Crippen molar-refractivity contribution < 1.29 is 0 Å². The number of nitrogens with one attached hydrogen (secondary N) is 1. The molecule has 0 bridgehead atoms. The van der Waals surface area contributed by atoms with Crippen LogP contribution in [0.15, 0.2) is 52.3 Å². The molecule has 21 heavy (non-hydrogen) atoms. The molecule has 0 spiro atoms. The van der Waals surface area contributed by atoms with Gasteiger partial charge in [-0.1, -0.05) is 49.9 Å². The maximum atomic E-state index is 3.51. The van der Waals surface area contributed by atoms with Crippen LogP contribution >= 0.6 is 11.8 Å². The second kappa shape index (κ2) is 7.67. The number of aryl methyl sites for hydroxylation is 2. The summed E-state index contributed by atoms with van der Waals surface area (Å²) in [6, 6.07) is 15.3. The Kier molecular flexibility index (Phi) is 5.89. The molecule has 0 atom stereocenters. The number of hydrogen-bond acceptors (Lipinski definition) is 2. The minimum absolute atomic E-state index is 0.696. The molecule has 0 saturated carbocycles. The zero-order valence-corrected chi connectivity index (χ0v) is 14.3. The Morgan fingerprint density at radius 3 is 2.43 bits per heavy atom. The van der Waals surface area contributed by atoms with Gasteiger partial charge in [0.25, 0.3) is 0 Å². The molecule has 0 amide bonds. The molecule has 0 saturated heterocycles. The van der Waals surface area contributed by atoms with Gasteiger partial charge in [-0.15, -0.1) is 0 Å². The van der Waals surface area contributed by atoms with Crippen molar-refractivity contribution in [3.8, 4) is 0 Å². The molecule has 0 unspecified atom stereocenters. The highest BCUT2D eigenvalue weighted by Gasteiger charge is 2.04. The number of hydrogen-bond donors (Lipinski definition) is 1. The van der Waals surface area contributed by atoms with Gasteiger partial charge >= 0.3 is 0 Å². The van der Waals surface area contributed by atoms with Crippen LogP contribution in [-0.4, -0.2) is 6.54 Å². The standard InChI is InChI=1S/C19H25NS/c1-14(2)12-20-13-17-9-10-18(11-16(17)4)21-19-8-6-5-7-15(19)3/h5-11,14,20H,12-13H2,1-4H3. The van der Waals surface area contributed by atoms with Gasteiger partial charge in [-0.05, 0) is 61.2 Å². The van der Waals surface area contributed by atoms with Crippen LogP contribution in [0, 0.1) is 19.8 Å². The lowest BCUT2D eigenvalue weighted by Crippen LogP contribution is -2.19. The van der Waals surface area contributed by atoms with E-state index in [9.17, 15) is 0 Å². The minimum Gasteiger partial charge on any atom is -0.312 e. The van der Waals surface area contributed by atoms with Crippen LogP contribution in [0.1, 0.15) is 30.5 Å². The molecule has 0 aliphatic rings. The molecule has 0 aliphatic heterocycles. The molecule has 2 aromatic carbocycles. The first-order valence-electron chi connectivity index (χ1n) is 7.60. The molecule has 0 fully saturated rings. The lowest BCUT2D eigenvalue weighted by Gasteiger charge is -2.11. The summed E-state index contributed by atoms with van der Waals surface area (Å²) < 4.78 is 0. The SMILES string of the molecule is Cc1cc(Sc2ccccc2C)ccc1CNCC(C)C. The van der Waals surface area contributed by atoms with Crippen molar-refractivity contribution in [3.63, 3.8) is 0 Å². The van der Waals surface area contributed by atoms with Crippen molar-refractivity contribution in [3.05, 3.63) is 59.2 Å². The van der Waals surface area contributed by atoms with Crippen molar-refractivity contribution in [2.45, 2.75) is 44.0 Å². The largest absolute Gasteiger partial charge is 0.312 e. The van der Waals surface area contributed by atoms with Crippen LogP contribution < -0.4 is 5.32 Å². The van der Waals surface area contributed by atoms with E-state index in [0.717, 1.165) is 13.1 Å². The smallest absolute Gasteiger partial charge is 0.0208 e. The van der Waals surface area contributed by atoms with Gasteiger partial charge in [-0.25, -0.2) is 0 Å². The molecule has 2 rings (SSSR count). The fourth-order valence-electron chi connectivity index (χ4n) is 2.22. The maximum absolute atomic E-state index is 3.51. The van der Waals surface area contributed by atoms with Gasteiger partial charge in [0.1, 0.15) is 0 Å². The van der Waals surface area contributed by atoms with Gasteiger partial charge in [-0.2, -0.15) is 0 Å². The molecule has 112 valence electrons. The van der Waals surface area contributed by atoms with Crippen LogP contribution in [0.25, 0.3) is 0 Å². The number of rotatable bonds is 6. The van der Waals surface area contributed by atoms with E-state index in [4.69, 9.17) is 0 Å². The van der Waals surface area contributed by atoms with Gasteiger partial charge in [0, 0.05) is 16.3 Å². The summed E-state index contributed by atoms with van der Waals surface area (Å²) in [6.07, 6.45) is 0. The molecule has 2 aromatic rings.